The fourth-order valence-corrected chi connectivity index (χ4v) is 6.22. The number of carbonyl (C=O) groups excluding carboxylic acids is 1. The summed E-state index contributed by atoms with van der Waals surface area (Å²) >= 11 is 0. The Hall–Kier alpha value is -2.67. The Kier molecular flexibility index (Phi) is 6.84. The number of halogens is 1. The van der Waals surface area contributed by atoms with E-state index in [2.05, 4.69) is 31.5 Å². The molecule has 0 radical (unpaired) electrons. The molecular formula is C28H35FN2O3S. The van der Waals surface area contributed by atoms with Crippen LogP contribution in [0.2, 0.25) is 0 Å². The summed E-state index contributed by atoms with van der Waals surface area (Å²) in [4.78, 5) is 15.1. The highest BCUT2D eigenvalue weighted by atomic mass is 32.2. The van der Waals surface area contributed by atoms with Crippen molar-refractivity contribution in [3.63, 3.8) is 0 Å². The van der Waals surface area contributed by atoms with Gasteiger partial charge in [-0.15, -0.1) is 0 Å². The Bertz CT molecular complexity index is 1330. The molecule has 0 aliphatic carbocycles. The van der Waals surface area contributed by atoms with Crippen molar-refractivity contribution in [1.82, 2.24) is 9.47 Å². The molecule has 2 aromatic carbocycles. The van der Waals surface area contributed by atoms with E-state index < -0.39 is 15.7 Å². The fraction of sp³-hybridized carbons (Fsp3) is 0.464. The highest BCUT2D eigenvalue weighted by molar-refractivity contribution is 7.90. The lowest BCUT2D eigenvalue weighted by molar-refractivity contribution is -0.139. The van der Waals surface area contributed by atoms with Gasteiger partial charge in [0.15, 0.2) is 9.84 Å². The quantitative estimate of drug-likeness (QED) is 0.425. The van der Waals surface area contributed by atoms with Crippen molar-refractivity contribution in [1.29, 1.82) is 0 Å². The van der Waals surface area contributed by atoms with Crippen molar-refractivity contribution in [2.75, 3.05) is 13.1 Å². The van der Waals surface area contributed by atoms with Crippen molar-refractivity contribution in [3.05, 3.63) is 65.6 Å². The van der Waals surface area contributed by atoms with E-state index in [4.69, 9.17) is 0 Å². The Morgan fingerprint density at radius 3 is 2.31 bits per heavy atom. The summed E-state index contributed by atoms with van der Waals surface area (Å²) < 4.78 is 41.1. The van der Waals surface area contributed by atoms with E-state index in [1.807, 2.05) is 37.1 Å². The van der Waals surface area contributed by atoms with Crippen LogP contribution in [-0.4, -0.2) is 36.9 Å². The predicted octanol–water partition coefficient (Wildman–Crippen LogP) is 5.68. The van der Waals surface area contributed by atoms with Gasteiger partial charge >= 0.3 is 0 Å². The van der Waals surface area contributed by atoms with Crippen molar-refractivity contribution in [2.45, 2.75) is 57.1 Å². The lowest BCUT2D eigenvalue weighted by Gasteiger charge is -2.36. The van der Waals surface area contributed by atoms with Crippen LogP contribution in [0.4, 0.5) is 4.39 Å². The predicted molar refractivity (Wildman–Crippen MR) is 137 cm³/mol. The smallest absolute Gasteiger partial charge is 0.225 e. The molecule has 0 unspecified atom stereocenters. The number of hydrogen-bond acceptors (Lipinski definition) is 3. The Morgan fingerprint density at radius 1 is 1.09 bits per heavy atom. The van der Waals surface area contributed by atoms with Crippen molar-refractivity contribution in [2.24, 2.45) is 18.4 Å². The minimum atomic E-state index is -3.58. The molecule has 0 spiro atoms. The summed E-state index contributed by atoms with van der Waals surface area (Å²) in [6.45, 7) is 9.80. The highest BCUT2D eigenvalue weighted by Gasteiger charge is 2.33. The van der Waals surface area contributed by atoms with E-state index >= 15 is 0 Å². The molecule has 2 heterocycles. The summed E-state index contributed by atoms with van der Waals surface area (Å²) in [6, 6.07) is 10.8. The maximum Gasteiger partial charge on any atom is 0.225 e. The van der Waals surface area contributed by atoms with Gasteiger partial charge in [-0.05, 0) is 71.7 Å². The number of nitrogens with zero attached hydrogens (tertiary/aromatic N) is 2. The number of hydrogen-bond donors (Lipinski definition) is 0. The second-order valence-electron chi connectivity index (χ2n) is 10.9. The van der Waals surface area contributed by atoms with Crippen molar-refractivity contribution < 1.29 is 17.6 Å². The van der Waals surface area contributed by atoms with E-state index in [0.717, 1.165) is 36.8 Å². The number of piperidine rings is 1. The molecule has 1 aliphatic heterocycles. The van der Waals surface area contributed by atoms with Crippen LogP contribution in [0.15, 0.2) is 53.6 Å². The minimum absolute atomic E-state index is 0.0257. The Balaban J connectivity index is 1.54. The number of fused-ring (bicyclic) bond motifs is 1. The normalized spacial score (nSPS) is 16.6. The third-order valence-electron chi connectivity index (χ3n) is 7.53. The third-order valence-corrected chi connectivity index (χ3v) is 9.23. The monoisotopic (exact) mass is 498 g/mol. The molecule has 188 valence electrons. The molecule has 4 rings (SSSR count). The van der Waals surface area contributed by atoms with Crippen LogP contribution in [0.3, 0.4) is 0 Å². The molecular weight excluding hydrogens is 463 g/mol. The van der Waals surface area contributed by atoms with Crippen LogP contribution in [0.25, 0.3) is 10.9 Å². The van der Waals surface area contributed by atoms with Gasteiger partial charge in [0, 0.05) is 43.2 Å². The molecule has 0 bridgehead atoms. The minimum Gasteiger partial charge on any atom is -0.350 e. The number of likely N-dealkylation sites (tertiary alicyclic amines) is 1. The van der Waals surface area contributed by atoms with Crippen LogP contribution in [-0.2, 0) is 27.4 Å². The summed E-state index contributed by atoms with van der Waals surface area (Å²) in [5.74, 6) is -0.0819. The molecule has 35 heavy (non-hydrogen) atoms. The first-order valence-corrected chi connectivity index (χ1v) is 13.9. The second-order valence-corrected chi connectivity index (χ2v) is 12.9. The topological polar surface area (TPSA) is 59.4 Å². The maximum absolute atomic E-state index is 13.2. The summed E-state index contributed by atoms with van der Waals surface area (Å²) in [6.07, 6.45) is 3.92. The van der Waals surface area contributed by atoms with E-state index in [0.29, 0.717) is 11.5 Å². The van der Waals surface area contributed by atoms with Gasteiger partial charge in [-0.3, -0.25) is 4.79 Å². The van der Waals surface area contributed by atoms with E-state index in [9.17, 15) is 17.6 Å². The van der Waals surface area contributed by atoms with E-state index in [-0.39, 0.29) is 27.9 Å². The van der Waals surface area contributed by atoms with Gasteiger partial charge in [0.2, 0.25) is 5.91 Å². The molecule has 1 atom stereocenters. The average molecular weight is 499 g/mol. The number of benzene rings is 2. The largest absolute Gasteiger partial charge is 0.350 e. The number of carbonyl (C=O) groups is 1. The number of amides is 1. The number of aromatic nitrogens is 1. The Morgan fingerprint density at radius 2 is 1.71 bits per heavy atom. The SMILES string of the molecule is C[C@@H](C(=O)N1CCC(c2cn(C)c3ccc(CS(=O)(=O)c4ccc(F)cc4)cc23)CC1)C(C)(C)C. The zero-order chi connectivity index (χ0) is 25.5. The lowest BCUT2D eigenvalue weighted by Crippen LogP contribution is -2.43. The standard InChI is InChI=1S/C28H35FN2O3S/c1-19(28(2,3)4)27(32)31-14-12-21(13-15-31)25-17-30(5)26-11-6-20(16-24(25)26)18-35(33,34)23-9-7-22(29)8-10-23/h6-11,16-17,19,21H,12-15,18H2,1-5H3/t19-/m0/s1. The van der Waals surface area contributed by atoms with Crippen LogP contribution in [0.5, 0.6) is 0 Å². The number of sulfone groups is 1. The Labute approximate surface area is 207 Å². The molecule has 1 aromatic heterocycles. The van der Waals surface area contributed by atoms with Crippen LogP contribution in [0.1, 0.15) is 57.6 Å². The van der Waals surface area contributed by atoms with Gasteiger partial charge in [0.1, 0.15) is 5.82 Å². The first-order valence-electron chi connectivity index (χ1n) is 12.2. The van der Waals surface area contributed by atoms with Gasteiger partial charge in [-0.25, -0.2) is 12.8 Å². The third kappa shape index (κ3) is 5.30. The molecule has 1 aliphatic rings. The van der Waals surface area contributed by atoms with Crippen LogP contribution < -0.4 is 0 Å². The molecule has 5 nitrogen and oxygen atoms in total. The number of rotatable bonds is 5. The second kappa shape index (κ2) is 9.41. The van der Waals surface area contributed by atoms with E-state index in [1.54, 1.807) is 0 Å². The van der Waals surface area contributed by atoms with Crippen LogP contribution in [0, 0.1) is 17.2 Å². The zero-order valence-corrected chi connectivity index (χ0v) is 22.0. The summed E-state index contributed by atoms with van der Waals surface area (Å²) in [7, 11) is -1.58. The van der Waals surface area contributed by atoms with Crippen LogP contribution >= 0.6 is 0 Å². The van der Waals surface area contributed by atoms with Gasteiger partial charge in [0.25, 0.3) is 0 Å². The van der Waals surface area contributed by atoms with Gasteiger partial charge in [-0.1, -0.05) is 33.8 Å². The molecule has 1 amide bonds. The average Bonchev–Trinajstić information content (AvgIpc) is 3.13. The van der Waals surface area contributed by atoms with Gasteiger partial charge in [-0.2, -0.15) is 0 Å². The molecule has 0 N–H and O–H groups in total. The van der Waals surface area contributed by atoms with Crippen molar-refractivity contribution in [3.8, 4) is 0 Å². The molecule has 1 saturated heterocycles. The summed E-state index contributed by atoms with van der Waals surface area (Å²) in [5, 5.41) is 1.06. The first-order chi connectivity index (χ1) is 16.4. The molecule has 7 heteroatoms. The van der Waals surface area contributed by atoms with Gasteiger partial charge in [0.05, 0.1) is 10.6 Å². The van der Waals surface area contributed by atoms with Gasteiger partial charge < -0.3 is 9.47 Å². The number of aryl methyl sites for hydroxylation is 1. The maximum atomic E-state index is 13.2. The van der Waals surface area contributed by atoms with E-state index in [1.165, 1.54) is 29.8 Å². The highest BCUT2D eigenvalue weighted by Crippen LogP contribution is 2.36. The fourth-order valence-electron chi connectivity index (χ4n) is 4.88. The molecule has 3 aromatic rings. The zero-order valence-electron chi connectivity index (χ0n) is 21.2. The molecule has 0 saturated carbocycles. The molecule has 1 fully saturated rings. The lowest BCUT2D eigenvalue weighted by atomic mass is 9.80. The summed E-state index contributed by atoms with van der Waals surface area (Å²) in [5.41, 5.74) is 2.91. The van der Waals surface area contributed by atoms with Crippen molar-refractivity contribution >= 4 is 26.6 Å². The first kappa shape index (κ1) is 25.4.